The summed E-state index contributed by atoms with van der Waals surface area (Å²) >= 11 is 0. The van der Waals surface area contributed by atoms with Gasteiger partial charge in [0.15, 0.2) is 0 Å². The molecule has 142 valence electrons. The number of carbonyl (C=O) groups is 2. The number of amides is 3. The molecule has 5 nitrogen and oxygen atoms in total. The maximum Gasteiger partial charge on any atom is 0.317 e. The van der Waals surface area contributed by atoms with Gasteiger partial charge in [0.25, 0.3) is 0 Å². The number of urea groups is 1. The highest BCUT2D eigenvalue weighted by atomic mass is 16.2. The Morgan fingerprint density at radius 2 is 2.00 bits per heavy atom. The minimum absolute atomic E-state index is 0.0543. The first-order chi connectivity index (χ1) is 12.6. The van der Waals surface area contributed by atoms with Gasteiger partial charge in [-0.15, -0.1) is 0 Å². The largest absolute Gasteiger partial charge is 0.342 e. The first-order valence-corrected chi connectivity index (χ1v) is 9.96. The molecule has 0 aromatic heterocycles. The van der Waals surface area contributed by atoms with Crippen LogP contribution in [0.2, 0.25) is 0 Å². The monoisotopic (exact) mass is 357 g/mol. The zero-order chi connectivity index (χ0) is 18.4. The van der Waals surface area contributed by atoms with Crippen molar-refractivity contribution in [3.8, 4) is 0 Å². The van der Waals surface area contributed by atoms with E-state index in [1.54, 1.807) is 0 Å². The predicted octanol–water partition coefficient (Wildman–Crippen LogP) is 3.05. The molecule has 2 heterocycles. The van der Waals surface area contributed by atoms with Gasteiger partial charge in [-0.1, -0.05) is 37.3 Å². The summed E-state index contributed by atoms with van der Waals surface area (Å²) in [7, 11) is 0. The average molecular weight is 357 g/mol. The van der Waals surface area contributed by atoms with Crippen LogP contribution in [0.15, 0.2) is 30.3 Å². The summed E-state index contributed by atoms with van der Waals surface area (Å²) in [6.07, 6.45) is 5.50. The lowest BCUT2D eigenvalue weighted by molar-refractivity contribution is -0.138. The van der Waals surface area contributed by atoms with Crippen LogP contribution in [0.1, 0.15) is 44.6 Å². The lowest BCUT2D eigenvalue weighted by Crippen LogP contribution is -2.56. The van der Waals surface area contributed by atoms with E-state index in [0.717, 1.165) is 64.8 Å². The lowest BCUT2D eigenvalue weighted by atomic mass is 9.73. The van der Waals surface area contributed by atoms with E-state index >= 15 is 0 Å². The van der Waals surface area contributed by atoms with Crippen LogP contribution in [0.3, 0.4) is 0 Å². The number of nitrogens with zero attached hydrogens (tertiary/aromatic N) is 2. The Kier molecular flexibility index (Phi) is 6.17. The average Bonchev–Trinajstić information content (AvgIpc) is 2.68. The Labute approximate surface area is 156 Å². The Morgan fingerprint density at radius 1 is 1.19 bits per heavy atom. The second-order valence-corrected chi connectivity index (χ2v) is 7.81. The van der Waals surface area contributed by atoms with Crippen molar-refractivity contribution < 1.29 is 9.59 Å². The van der Waals surface area contributed by atoms with Crippen molar-refractivity contribution in [1.29, 1.82) is 0 Å². The first-order valence-electron chi connectivity index (χ1n) is 9.96. The maximum absolute atomic E-state index is 12.4. The predicted molar refractivity (Wildman–Crippen MR) is 103 cm³/mol. The Hall–Kier alpha value is -2.04. The standard InChI is InChI=1S/C21H31N3O2/c1-2-13-22-20(26)24-14-6-11-21(17-24)12-9-19(25)23(16-21)15-10-18-7-4-3-5-8-18/h3-5,7-8H,2,6,9-17H2,1H3,(H,22,26)/t21-/m0/s1. The molecule has 2 saturated heterocycles. The topological polar surface area (TPSA) is 52.7 Å². The molecule has 0 unspecified atom stereocenters. The van der Waals surface area contributed by atoms with Crippen LogP contribution < -0.4 is 5.32 Å². The van der Waals surface area contributed by atoms with E-state index in [-0.39, 0.29) is 17.4 Å². The van der Waals surface area contributed by atoms with Gasteiger partial charge in [-0.3, -0.25) is 4.79 Å². The SMILES string of the molecule is CCCNC(=O)N1CCC[C@@]2(CCC(=O)N(CCc3ccccc3)C2)C1. The Bertz CT molecular complexity index is 619. The van der Waals surface area contributed by atoms with E-state index in [4.69, 9.17) is 0 Å². The molecule has 1 spiro atoms. The molecule has 2 fully saturated rings. The third-order valence-electron chi connectivity index (χ3n) is 5.74. The normalized spacial score (nSPS) is 23.3. The van der Waals surface area contributed by atoms with Crippen LogP contribution in [0.5, 0.6) is 0 Å². The fourth-order valence-corrected chi connectivity index (χ4v) is 4.27. The van der Waals surface area contributed by atoms with Gasteiger partial charge in [0.1, 0.15) is 0 Å². The van der Waals surface area contributed by atoms with Crippen LogP contribution in [0, 0.1) is 5.41 Å². The maximum atomic E-state index is 12.4. The van der Waals surface area contributed by atoms with Crippen LogP contribution >= 0.6 is 0 Å². The smallest absolute Gasteiger partial charge is 0.317 e. The molecule has 1 aromatic rings. The molecular formula is C21H31N3O2. The highest BCUT2D eigenvalue weighted by molar-refractivity contribution is 5.77. The van der Waals surface area contributed by atoms with Crippen LogP contribution in [0.4, 0.5) is 4.79 Å². The van der Waals surface area contributed by atoms with Crippen molar-refractivity contribution in [3.63, 3.8) is 0 Å². The molecule has 1 atom stereocenters. The van der Waals surface area contributed by atoms with E-state index in [0.29, 0.717) is 6.42 Å². The van der Waals surface area contributed by atoms with Crippen LogP contribution in [-0.4, -0.2) is 54.5 Å². The Morgan fingerprint density at radius 3 is 2.77 bits per heavy atom. The molecule has 26 heavy (non-hydrogen) atoms. The zero-order valence-corrected chi connectivity index (χ0v) is 15.9. The van der Waals surface area contributed by atoms with Crippen molar-refractivity contribution in [2.75, 3.05) is 32.7 Å². The van der Waals surface area contributed by atoms with Crippen LogP contribution in [-0.2, 0) is 11.2 Å². The van der Waals surface area contributed by atoms with Gasteiger partial charge in [0.2, 0.25) is 5.91 Å². The molecule has 5 heteroatoms. The minimum Gasteiger partial charge on any atom is -0.342 e. The second-order valence-electron chi connectivity index (χ2n) is 7.81. The lowest BCUT2D eigenvalue weighted by Gasteiger charge is -2.48. The molecule has 0 bridgehead atoms. The summed E-state index contributed by atoms with van der Waals surface area (Å²) in [5.41, 5.74) is 1.34. The molecular weight excluding hydrogens is 326 g/mol. The summed E-state index contributed by atoms with van der Waals surface area (Å²) in [5, 5.41) is 3.00. The van der Waals surface area contributed by atoms with Crippen molar-refractivity contribution in [2.45, 2.75) is 45.4 Å². The van der Waals surface area contributed by atoms with Gasteiger partial charge in [-0.25, -0.2) is 4.79 Å². The highest BCUT2D eigenvalue weighted by Crippen LogP contribution is 2.38. The molecule has 2 aliphatic heterocycles. The van der Waals surface area contributed by atoms with Crippen molar-refractivity contribution in [3.05, 3.63) is 35.9 Å². The molecule has 0 aliphatic carbocycles. The molecule has 0 radical (unpaired) electrons. The molecule has 1 N–H and O–H groups in total. The van der Waals surface area contributed by atoms with E-state index in [1.807, 2.05) is 28.0 Å². The summed E-state index contributed by atoms with van der Waals surface area (Å²) in [5.74, 6) is 0.263. The van der Waals surface area contributed by atoms with Gasteiger partial charge in [-0.2, -0.15) is 0 Å². The minimum atomic E-state index is 0.0543. The third-order valence-corrected chi connectivity index (χ3v) is 5.74. The van der Waals surface area contributed by atoms with Gasteiger partial charge in [-0.05, 0) is 37.7 Å². The fraction of sp³-hybridized carbons (Fsp3) is 0.619. The molecule has 2 aliphatic rings. The number of piperidine rings is 2. The summed E-state index contributed by atoms with van der Waals surface area (Å²) in [6, 6.07) is 10.4. The quantitative estimate of drug-likeness (QED) is 0.880. The van der Waals surface area contributed by atoms with E-state index in [2.05, 4.69) is 24.4 Å². The van der Waals surface area contributed by atoms with E-state index < -0.39 is 0 Å². The molecule has 3 rings (SSSR count). The summed E-state index contributed by atoms with van der Waals surface area (Å²) in [6.45, 7) is 5.95. The molecule has 3 amide bonds. The zero-order valence-electron chi connectivity index (χ0n) is 15.9. The number of hydrogen-bond donors (Lipinski definition) is 1. The first kappa shape index (κ1) is 18.7. The summed E-state index contributed by atoms with van der Waals surface area (Å²) < 4.78 is 0. The van der Waals surface area contributed by atoms with E-state index in [9.17, 15) is 9.59 Å². The van der Waals surface area contributed by atoms with Crippen molar-refractivity contribution in [1.82, 2.24) is 15.1 Å². The number of hydrogen-bond acceptors (Lipinski definition) is 2. The van der Waals surface area contributed by atoms with Gasteiger partial charge < -0.3 is 15.1 Å². The number of nitrogens with one attached hydrogen (secondary N) is 1. The van der Waals surface area contributed by atoms with Crippen LogP contribution in [0.25, 0.3) is 0 Å². The second kappa shape index (κ2) is 8.56. The number of rotatable bonds is 5. The van der Waals surface area contributed by atoms with Gasteiger partial charge >= 0.3 is 6.03 Å². The number of benzene rings is 1. The number of likely N-dealkylation sites (tertiary alicyclic amines) is 2. The Balaban J connectivity index is 1.60. The van der Waals surface area contributed by atoms with Gasteiger partial charge in [0.05, 0.1) is 0 Å². The highest BCUT2D eigenvalue weighted by Gasteiger charge is 2.42. The van der Waals surface area contributed by atoms with Gasteiger partial charge in [0, 0.05) is 44.6 Å². The fourth-order valence-electron chi connectivity index (χ4n) is 4.27. The van der Waals surface area contributed by atoms with E-state index in [1.165, 1.54) is 5.56 Å². The van der Waals surface area contributed by atoms with Crippen molar-refractivity contribution >= 4 is 11.9 Å². The molecule has 1 aromatic carbocycles. The van der Waals surface area contributed by atoms with Crippen molar-refractivity contribution in [2.24, 2.45) is 5.41 Å². The summed E-state index contributed by atoms with van der Waals surface area (Å²) in [4.78, 5) is 28.8. The number of carbonyl (C=O) groups excluding carboxylic acids is 2. The molecule has 0 saturated carbocycles. The third kappa shape index (κ3) is 4.57.